The summed E-state index contributed by atoms with van der Waals surface area (Å²) >= 11 is 0. The van der Waals surface area contributed by atoms with Crippen molar-refractivity contribution in [1.82, 2.24) is 0 Å². The number of aliphatic hydroxyl groups is 1. The van der Waals surface area contributed by atoms with Crippen LogP contribution in [0.3, 0.4) is 0 Å². The highest BCUT2D eigenvalue weighted by Crippen LogP contribution is 2.46. The molecule has 2 unspecified atom stereocenters. The SMILES string of the molecule is COC(C)(C)CCC1(O)CCCCC1C1CCCCC1. The van der Waals surface area contributed by atoms with Crippen molar-refractivity contribution in [2.75, 3.05) is 7.11 Å². The van der Waals surface area contributed by atoms with E-state index < -0.39 is 5.60 Å². The molecule has 2 fully saturated rings. The maximum absolute atomic E-state index is 11.3. The minimum absolute atomic E-state index is 0.107. The molecule has 2 aliphatic rings. The summed E-state index contributed by atoms with van der Waals surface area (Å²) in [5.74, 6) is 1.32. The zero-order chi connectivity index (χ0) is 14.6. The first-order chi connectivity index (χ1) is 9.47. The van der Waals surface area contributed by atoms with E-state index in [0.717, 1.165) is 25.2 Å². The lowest BCUT2D eigenvalue weighted by Gasteiger charge is -2.46. The molecule has 2 nitrogen and oxygen atoms in total. The number of ether oxygens (including phenoxy) is 1. The van der Waals surface area contributed by atoms with Gasteiger partial charge in [-0.1, -0.05) is 44.9 Å². The van der Waals surface area contributed by atoms with Crippen LogP contribution in [0.5, 0.6) is 0 Å². The molecule has 0 aromatic carbocycles. The minimum atomic E-state index is -0.421. The molecule has 0 spiro atoms. The molecule has 0 radical (unpaired) electrons. The lowest BCUT2D eigenvalue weighted by atomic mass is 9.63. The van der Waals surface area contributed by atoms with Gasteiger partial charge in [-0.3, -0.25) is 0 Å². The van der Waals surface area contributed by atoms with Gasteiger partial charge in [-0.05, 0) is 51.4 Å². The molecule has 2 rings (SSSR count). The third kappa shape index (κ3) is 3.98. The normalized spacial score (nSPS) is 33.3. The van der Waals surface area contributed by atoms with E-state index in [4.69, 9.17) is 4.74 Å². The Labute approximate surface area is 125 Å². The Hall–Kier alpha value is -0.0800. The van der Waals surface area contributed by atoms with Crippen LogP contribution in [0.25, 0.3) is 0 Å². The summed E-state index contributed by atoms with van der Waals surface area (Å²) in [7, 11) is 1.78. The van der Waals surface area contributed by atoms with Crippen molar-refractivity contribution < 1.29 is 9.84 Å². The monoisotopic (exact) mass is 282 g/mol. The van der Waals surface area contributed by atoms with Crippen LogP contribution in [0.15, 0.2) is 0 Å². The topological polar surface area (TPSA) is 29.5 Å². The molecule has 2 aliphatic carbocycles. The summed E-state index contributed by atoms with van der Waals surface area (Å²) < 4.78 is 5.54. The van der Waals surface area contributed by atoms with Crippen LogP contribution >= 0.6 is 0 Å². The fourth-order valence-corrected chi connectivity index (χ4v) is 4.39. The largest absolute Gasteiger partial charge is 0.390 e. The molecule has 2 saturated carbocycles. The van der Waals surface area contributed by atoms with E-state index in [1.165, 1.54) is 51.4 Å². The summed E-state index contributed by atoms with van der Waals surface area (Å²) in [4.78, 5) is 0. The van der Waals surface area contributed by atoms with E-state index in [2.05, 4.69) is 13.8 Å². The van der Waals surface area contributed by atoms with Gasteiger partial charge in [0.05, 0.1) is 11.2 Å². The molecule has 2 atom stereocenters. The van der Waals surface area contributed by atoms with E-state index in [1.807, 2.05) is 0 Å². The molecule has 0 saturated heterocycles. The van der Waals surface area contributed by atoms with Crippen LogP contribution in [0, 0.1) is 11.8 Å². The standard InChI is InChI=1S/C18H34O2/c1-17(2,20-3)13-14-18(19)12-8-7-11-16(18)15-9-5-4-6-10-15/h15-16,19H,4-14H2,1-3H3. The lowest BCUT2D eigenvalue weighted by Crippen LogP contribution is -2.46. The fourth-order valence-electron chi connectivity index (χ4n) is 4.39. The number of methoxy groups -OCH3 is 1. The number of hydrogen-bond acceptors (Lipinski definition) is 2. The van der Waals surface area contributed by atoms with Crippen molar-refractivity contribution in [2.24, 2.45) is 11.8 Å². The van der Waals surface area contributed by atoms with Gasteiger partial charge in [-0.15, -0.1) is 0 Å². The van der Waals surface area contributed by atoms with E-state index in [1.54, 1.807) is 7.11 Å². The predicted octanol–water partition coefficient (Wildman–Crippen LogP) is 4.69. The molecule has 0 aromatic rings. The maximum Gasteiger partial charge on any atom is 0.0679 e. The second-order valence-electron chi connectivity index (χ2n) is 7.82. The molecule has 0 aromatic heterocycles. The van der Waals surface area contributed by atoms with Crippen molar-refractivity contribution in [3.63, 3.8) is 0 Å². The smallest absolute Gasteiger partial charge is 0.0679 e. The Balaban J connectivity index is 2.00. The van der Waals surface area contributed by atoms with Gasteiger partial charge >= 0.3 is 0 Å². The van der Waals surface area contributed by atoms with Gasteiger partial charge < -0.3 is 9.84 Å². The molecule has 118 valence electrons. The third-order valence-corrected chi connectivity index (χ3v) is 6.00. The van der Waals surface area contributed by atoms with Crippen LogP contribution in [-0.2, 0) is 4.74 Å². The quantitative estimate of drug-likeness (QED) is 0.792. The molecule has 0 bridgehead atoms. The summed E-state index contributed by atoms with van der Waals surface area (Å²) in [5, 5.41) is 11.3. The molecule has 2 heteroatoms. The van der Waals surface area contributed by atoms with Crippen LogP contribution < -0.4 is 0 Å². The highest BCUT2D eigenvalue weighted by Gasteiger charge is 2.43. The van der Waals surface area contributed by atoms with Crippen LogP contribution in [0.1, 0.15) is 84.5 Å². The van der Waals surface area contributed by atoms with E-state index in [-0.39, 0.29) is 5.60 Å². The fraction of sp³-hybridized carbons (Fsp3) is 1.00. The first-order valence-corrected chi connectivity index (χ1v) is 8.74. The second-order valence-corrected chi connectivity index (χ2v) is 7.82. The highest BCUT2D eigenvalue weighted by atomic mass is 16.5. The van der Waals surface area contributed by atoms with Gasteiger partial charge in [0, 0.05) is 7.11 Å². The Morgan fingerprint density at radius 3 is 2.35 bits per heavy atom. The third-order valence-electron chi connectivity index (χ3n) is 6.00. The van der Waals surface area contributed by atoms with Gasteiger partial charge in [0.15, 0.2) is 0 Å². The van der Waals surface area contributed by atoms with Gasteiger partial charge in [0.1, 0.15) is 0 Å². The first-order valence-electron chi connectivity index (χ1n) is 8.74. The van der Waals surface area contributed by atoms with Gasteiger partial charge in [-0.2, -0.15) is 0 Å². The van der Waals surface area contributed by atoms with Gasteiger partial charge in [-0.25, -0.2) is 0 Å². The summed E-state index contributed by atoms with van der Waals surface area (Å²) in [6, 6.07) is 0. The van der Waals surface area contributed by atoms with Crippen molar-refractivity contribution >= 4 is 0 Å². The van der Waals surface area contributed by atoms with Crippen LogP contribution in [0.4, 0.5) is 0 Å². The summed E-state index contributed by atoms with van der Waals surface area (Å²) in [6.07, 6.45) is 13.5. The number of rotatable bonds is 5. The molecular weight excluding hydrogens is 248 g/mol. The van der Waals surface area contributed by atoms with Crippen LogP contribution in [0.2, 0.25) is 0 Å². The molecule has 0 amide bonds. The van der Waals surface area contributed by atoms with Crippen molar-refractivity contribution in [3.8, 4) is 0 Å². The first kappa shape index (κ1) is 16.3. The Kier molecular flexibility index (Phi) is 5.53. The Morgan fingerprint density at radius 1 is 1.05 bits per heavy atom. The molecule has 0 heterocycles. The Morgan fingerprint density at radius 2 is 1.70 bits per heavy atom. The maximum atomic E-state index is 11.3. The zero-order valence-electron chi connectivity index (χ0n) is 13.8. The molecule has 20 heavy (non-hydrogen) atoms. The number of hydrogen-bond donors (Lipinski definition) is 1. The van der Waals surface area contributed by atoms with E-state index in [0.29, 0.717) is 5.92 Å². The minimum Gasteiger partial charge on any atom is -0.390 e. The highest BCUT2D eigenvalue weighted by molar-refractivity contribution is 4.95. The van der Waals surface area contributed by atoms with Crippen molar-refractivity contribution in [3.05, 3.63) is 0 Å². The predicted molar refractivity (Wildman–Crippen MR) is 83.8 cm³/mol. The van der Waals surface area contributed by atoms with Gasteiger partial charge in [0.25, 0.3) is 0 Å². The molecular formula is C18H34O2. The molecule has 1 N–H and O–H groups in total. The lowest BCUT2D eigenvalue weighted by molar-refractivity contribution is -0.0983. The summed E-state index contributed by atoms with van der Waals surface area (Å²) in [5.41, 5.74) is -0.527. The Bertz CT molecular complexity index is 294. The van der Waals surface area contributed by atoms with Gasteiger partial charge in [0.2, 0.25) is 0 Å². The average molecular weight is 282 g/mol. The average Bonchev–Trinajstić information content (AvgIpc) is 2.47. The molecule has 0 aliphatic heterocycles. The van der Waals surface area contributed by atoms with E-state index in [9.17, 15) is 5.11 Å². The second kappa shape index (κ2) is 6.79. The van der Waals surface area contributed by atoms with Crippen molar-refractivity contribution in [2.45, 2.75) is 95.7 Å². The van der Waals surface area contributed by atoms with Crippen molar-refractivity contribution in [1.29, 1.82) is 0 Å². The zero-order valence-corrected chi connectivity index (χ0v) is 13.8. The summed E-state index contributed by atoms with van der Waals surface area (Å²) in [6.45, 7) is 4.27. The van der Waals surface area contributed by atoms with E-state index >= 15 is 0 Å². The van der Waals surface area contributed by atoms with Crippen LogP contribution in [-0.4, -0.2) is 23.4 Å².